The van der Waals surface area contributed by atoms with Crippen LogP contribution in [0.1, 0.15) is 24.3 Å². The van der Waals surface area contributed by atoms with Crippen molar-refractivity contribution in [1.29, 1.82) is 0 Å². The van der Waals surface area contributed by atoms with Crippen LogP contribution in [0.5, 0.6) is 0 Å². The summed E-state index contributed by atoms with van der Waals surface area (Å²) in [6, 6.07) is 7.30. The number of hydrogen-bond acceptors (Lipinski definition) is 3. The average molecular weight is 225 g/mol. The summed E-state index contributed by atoms with van der Waals surface area (Å²) in [6.45, 7) is 0.624. The fourth-order valence-electron chi connectivity index (χ4n) is 2.15. The monoisotopic (exact) mass is 225 g/mol. The standard InChI is InChI=1S/C11H15NO2S/c12-7-3-4-9-8-15(13,14)11-6-2-1-5-10(9)11/h1-2,5-6,9H,3-4,7-8,12H2. The molecule has 0 radical (unpaired) electrons. The second-order valence-electron chi connectivity index (χ2n) is 3.95. The highest BCUT2D eigenvalue weighted by molar-refractivity contribution is 7.91. The Kier molecular flexibility index (Phi) is 2.80. The van der Waals surface area contributed by atoms with E-state index in [0.717, 1.165) is 18.4 Å². The lowest BCUT2D eigenvalue weighted by Gasteiger charge is -2.07. The van der Waals surface area contributed by atoms with E-state index in [-0.39, 0.29) is 11.7 Å². The summed E-state index contributed by atoms with van der Waals surface area (Å²) in [6.07, 6.45) is 1.75. The minimum atomic E-state index is -3.03. The van der Waals surface area contributed by atoms with Gasteiger partial charge < -0.3 is 5.73 Å². The Labute approximate surface area is 90.2 Å². The van der Waals surface area contributed by atoms with Crippen molar-refractivity contribution in [3.8, 4) is 0 Å². The number of nitrogens with two attached hydrogens (primary N) is 1. The first-order chi connectivity index (χ1) is 7.15. The first-order valence-corrected chi connectivity index (χ1v) is 6.82. The fraction of sp³-hybridized carbons (Fsp3) is 0.455. The Balaban J connectivity index is 2.34. The molecule has 1 atom stereocenters. The third kappa shape index (κ3) is 1.92. The topological polar surface area (TPSA) is 60.2 Å². The van der Waals surface area contributed by atoms with E-state index in [1.54, 1.807) is 12.1 Å². The van der Waals surface area contributed by atoms with Gasteiger partial charge in [0.1, 0.15) is 0 Å². The van der Waals surface area contributed by atoms with E-state index in [1.807, 2.05) is 12.1 Å². The van der Waals surface area contributed by atoms with Crippen LogP contribution >= 0.6 is 0 Å². The van der Waals surface area contributed by atoms with Gasteiger partial charge in [0.25, 0.3) is 0 Å². The smallest absolute Gasteiger partial charge is 0.179 e. The molecule has 1 aromatic carbocycles. The summed E-state index contributed by atoms with van der Waals surface area (Å²) < 4.78 is 23.6. The zero-order valence-electron chi connectivity index (χ0n) is 8.52. The molecule has 1 aliphatic heterocycles. The maximum atomic E-state index is 11.8. The summed E-state index contributed by atoms with van der Waals surface area (Å²) in [5.41, 5.74) is 6.42. The SMILES string of the molecule is NCCCC1CS(=O)(=O)c2ccccc21. The number of fused-ring (bicyclic) bond motifs is 1. The van der Waals surface area contributed by atoms with Gasteiger partial charge in [-0.15, -0.1) is 0 Å². The van der Waals surface area contributed by atoms with Crippen LogP contribution in [0, 0.1) is 0 Å². The van der Waals surface area contributed by atoms with Crippen LogP contribution in [0.2, 0.25) is 0 Å². The van der Waals surface area contributed by atoms with E-state index in [9.17, 15) is 8.42 Å². The molecule has 82 valence electrons. The van der Waals surface area contributed by atoms with Gasteiger partial charge in [0.2, 0.25) is 0 Å². The van der Waals surface area contributed by atoms with Crippen molar-refractivity contribution in [2.24, 2.45) is 5.73 Å². The molecule has 1 aromatic rings. The average Bonchev–Trinajstić information content (AvgIpc) is 2.49. The molecule has 4 heteroatoms. The molecule has 3 nitrogen and oxygen atoms in total. The zero-order valence-corrected chi connectivity index (χ0v) is 9.33. The van der Waals surface area contributed by atoms with Gasteiger partial charge in [0, 0.05) is 0 Å². The summed E-state index contributed by atoms with van der Waals surface area (Å²) in [5.74, 6) is 0.404. The molecule has 2 N–H and O–H groups in total. The maximum absolute atomic E-state index is 11.8. The molecule has 0 saturated heterocycles. The Bertz CT molecular complexity index is 453. The van der Waals surface area contributed by atoms with Crippen molar-refractivity contribution in [3.05, 3.63) is 29.8 Å². The number of hydrogen-bond donors (Lipinski definition) is 1. The van der Waals surface area contributed by atoms with Crippen LogP contribution in [0.4, 0.5) is 0 Å². The number of sulfone groups is 1. The summed E-state index contributed by atoms with van der Waals surface area (Å²) in [7, 11) is -3.03. The molecule has 1 heterocycles. The maximum Gasteiger partial charge on any atom is 0.179 e. The van der Waals surface area contributed by atoms with Crippen LogP contribution in [0.15, 0.2) is 29.2 Å². The van der Waals surface area contributed by atoms with E-state index < -0.39 is 9.84 Å². The van der Waals surface area contributed by atoms with Crippen molar-refractivity contribution < 1.29 is 8.42 Å². The van der Waals surface area contributed by atoms with Crippen LogP contribution in [0.3, 0.4) is 0 Å². The predicted octanol–water partition coefficient (Wildman–Crippen LogP) is 1.30. The molecule has 0 saturated carbocycles. The van der Waals surface area contributed by atoms with Gasteiger partial charge in [-0.1, -0.05) is 18.2 Å². The van der Waals surface area contributed by atoms with Crippen molar-refractivity contribution in [1.82, 2.24) is 0 Å². The van der Waals surface area contributed by atoms with Gasteiger partial charge in [-0.2, -0.15) is 0 Å². The number of benzene rings is 1. The van der Waals surface area contributed by atoms with E-state index in [4.69, 9.17) is 5.73 Å². The Hall–Kier alpha value is -0.870. The molecule has 0 fully saturated rings. The van der Waals surface area contributed by atoms with Crippen LogP contribution < -0.4 is 5.73 Å². The molecule has 15 heavy (non-hydrogen) atoms. The van der Waals surface area contributed by atoms with Gasteiger partial charge in [-0.3, -0.25) is 0 Å². The molecule has 0 bridgehead atoms. The minimum absolute atomic E-state index is 0.148. The van der Waals surface area contributed by atoms with Gasteiger partial charge in [0.05, 0.1) is 10.6 Å². The van der Waals surface area contributed by atoms with Crippen LogP contribution in [-0.2, 0) is 9.84 Å². The molecular formula is C11H15NO2S. The van der Waals surface area contributed by atoms with E-state index in [1.165, 1.54) is 0 Å². The zero-order chi connectivity index (χ0) is 10.9. The highest BCUT2D eigenvalue weighted by Crippen LogP contribution is 2.37. The molecule has 0 aliphatic carbocycles. The lowest BCUT2D eigenvalue weighted by Crippen LogP contribution is -2.06. The second-order valence-corrected chi connectivity index (χ2v) is 5.95. The lowest BCUT2D eigenvalue weighted by atomic mass is 9.96. The molecular weight excluding hydrogens is 210 g/mol. The molecule has 2 rings (SSSR count). The first-order valence-electron chi connectivity index (χ1n) is 5.17. The highest BCUT2D eigenvalue weighted by atomic mass is 32.2. The van der Waals surface area contributed by atoms with Crippen molar-refractivity contribution in [3.63, 3.8) is 0 Å². The van der Waals surface area contributed by atoms with Gasteiger partial charge in [-0.05, 0) is 36.9 Å². The summed E-state index contributed by atoms with van der Waals surface area (Å²) in [5, 5.41) is 0. The molecule has 1 aliphatic rings. The normalized spacial score (nSPS) is 22.6. The lowest BCUT2D eigenvalue weighted by molar-refractivity contribution is 0.591. The summed E-state index contributed by atoms with van der Waals surface area (Å²) >= 11 is 0. The Morgan fingerprint density at radius 3 is 2.80 bits per heavy atom. The second kappa shape index (κ2) is 3.94. The predicted molar refractivity (Wildman–Crippen MR) is 59.5 cm³/mol. The molecule has 1 unspecified atom stereocenters. The van der Waals surface area contributed by atoms with Gasteiger partial charge in [0.15, 0.2) is 9.84 Å². The van der Waals surface area contributed by atoms with Crippen LogP contribution in [-0.4, -0.2) is 20.7 Å². The largest absolute Gasteiger partial charge is 0.330 e. The minimum Gasteiger partial charge on any atom is -0.330 e. The Morgan fingerprint density at radius 2 is 2.07 bits per heavy atom. The number of rotatable bonds is 3. The van der Waals surface area contributed by atoms with E-state index in [2.05, 4.69) is 0 Å². The van der Waals surface area contributed by atoms with Gasteiger partial charge in [-0.25, -0.2) is 8.42 Å². The quantitative estimate of drug-likeness (QED) is 0.843. The van der Waals surface area contributed by atoms with E-state index in [0.29, 0.717) is 11.4 Å². The third-order valence-electron chi connectivity index (χ3n) is 2.87. The molecule has 0 spiro atoms. The van der Waals surface area contributed by atoms with Crippen LogP contribution in [0.25, 0.3) is 0 Å². The highest BCUT2D eigenvalue weighted by Gasteiger charge is 2.33. The molecule has 0 aromatic heterocycles. The van der Waals surface area contributed by atoms with Crippen molar-refractivity contribution >= 4 is 9.84 Å². The third-order valence-corrected chi connectivity index (χ3v) is 4.75. The van der Waals surface area contributed by atoms with E-state index >= 15 is 0 Å². The van der Waals surface area contributed by atoms with Crippen molar-refractivity contribution in [2.75, 3.05) is 12.3 Å². The Morgan fingerprint density at radius 1 is 1.33 bits per heavy atom. The fourth-order valence-corrected chi connectivity index (χ4v) is 4.08. The van der Waals surface area contributed by atoms with Crippen molar-refractivity contribution in [2.45, 2.75) is 23.7 Å². The van der Waals surface area contributed by atoms with Gasteiger partial charge >= 0.3 is 0 Å². The first kappa shape index (κ1) is 10.6. The summed E-state index contributed by atoms with van der Waals surface area (Å²) in [4.78, 5) is 0.520. The molecule has 0 amide bonds.